The number of fused-ring (bicyclic) bond motifs is 4. The van der Waals surface area contributed by atoms with Crippen molar-refractivity contribution in [2.24, 2.45) is 40.4 Å². The third-order valence-corrected chi connectivity index (χ3v) is 9.97. The number of rotatable bonds is 8. The Morgan fingerprint density at radius 3 is 2.58 bits per heavy atom. The maximum atomic E-state index is 13.3. The van der Waals surface area contributed by atoms with Gasteiger partial charge in [0.05, 0.1) is 12.0 Å². The van der Waals surface area contributed by atoms with Gasteiger partial charge in [-0.15, -0.1) is 0 Å². The molecule has 0 spiro atoms. The Morgan fingerprint density at radius 2 is 1.88 bits per heavy atom. The molecule has 1 heterocycles. The molecule has 5 nitrogen and oxygen atoms in total. The molecule has 1 saturated heterocycles. The van der Waals surface area contributed by atoms with Gasteiger partial charge in [0.1, 0.15) is 18.3 Å². The SMILES string of the molecule is COCOC1CCC2(C)[C@H](C1)C(=O)OC1=C3CCC([C@H](C)CCC(=O)C(C)C)C3(C)CC[C@@H]12. The number of methoxy groups -OCH3 is 1. The summed E-state index contributed by atoms with van der Waals surface area (Å²) in [5.74, 6) is 2.77. The highest BCUT2D eigenvalue weighted by atomic mass is 16.7. The van der Waals surface area contributed by atoms with Crippen molar-refractivity contribution in [3.05, 3.63) is 11.3 Å². The molecule has 186 valence electrons. The first-order valence-corrected chi connectivity index (χ1v) is 13.2. The van der Waals surface area contributed by atoms with Gasteiger partial charge >= 0.3 is 5.97 Å². The number of ether oxygens (including phenoxy) is 3. The van der Waals surface area contributed by atoms with E-state index in [0.29, 0.717) is 30.0 Å². The number of allylic oxidation sites excluding steroid dienone is 2. The first-order valence-electron chi connectivity index (χ1n) is 13.2. The van der Waals surface area contributed by atoms with Gasteiger partial charge in [-0.25, -0.2) is 0 Å². The molecule has 0 aromatic rings. The second-order valence-electron chi connectivity index (χ2n) is 12.1. The lowest BCUT2D eigenvalue weighted by atomic mass is 9.53. The van der Waals surface area contributed by atoms with Gasteiger partial charge in [-0.2, -0.15) is 0 Å². The monoisotopic (exact) mass is 460 g/mol. The van der Waals surface area contributed by atoms with E-state index in [1.165, 1.54) is 5.57 Å². The standard InChI is InChI=1S/C28H44O5/c1-17(2)24(29)10-7-18(3)20-8-9-21-25-22(12-14-27(20,21)4)28(5)13-11-19(32-16-31-6)15-23(28)26(30)33-25/h17-20,22-23H,7-16H2,1-6H3/t18-,19?,20?,22+,23-,27?,28?/m1/s1. The lowest BCUT2D eigenvalue weighted by Gasteiger charge is -2.54. The van der Waals surface area contributed by atoms with E-state index in [0.717, 1.165) is 57.1 Å². The Balaban J connectivity index is 1.53. The summed E-state index contributed by atoms with van der Waals surface area (Å²) >= 11 is 0. The van der Waals surface area contributed by atoms with Crippen molar-refractivity contribution < 1.29 is 23.8 Å². The maximum Gasteiger partial charge on any atom is 0.314 e. The third-order valence-electron chi connectivity index (χ3n) is 9.97. The first-order chi connectivity index (χ1) is 15.6. The van der Waals surface area contributed by atoms with Gasteiger partial charge in [0.2, 0.25) is 0 Å². The van der Waals surface area contributed by atoms with Crippen molar-refractivity contribution >= 4 is 11.8 Å². The molecule has 33 heavy (non-hydrogen) atoms. The second kappa shape index (κ2) is 9.45. The number of hydrogen-bond acceptors (Lipinski definition) is 5. The molecule has 0 bridgehead atoms. The van der Waals surface area contributed by atoms with Crippen LogP contribution in [0, 0.1) is 40.4 Å². The van der Waals surface area contributed by atoms with Gasteiger partial charge in [0, 0.05) is 25.4 Å². The zero-order chi connectivity index (χ0) is 24.0. The normalized spacial score (nSPS) is 39.1. The molecule has 0 radical (unpaired) electrons. The Labute approximate surface area is 200 Å². The smallest absolute Gasteiger partial charge is 0.314 e. The summed E-state index contributed by atoms with van der Waals surface area (Å²) in [6.45, 7) is 11.3. The Kier molecular flexibility index (Phi) is 7.13. The quantitative estimate of drug-likeness (QED) is 0.325. The molecule has 7 atom stereocenters. The number of hydrogen-bond donors (Lipinski definition) is 0. The largest absolute Gasteiger partial charge is 0.431 e. The van der Waals surface area contributed by atoms with Crippen molar-refractivity contribution in [2.75, 3.05) is 13.9 Å². The van der Waals surface area contributed by atoms with E-state index < -0.39 is 0 Å². The molecule has 0 aromatic carbocycles. The Morgan fingerprint density at radius 1 is 1.12 bits per heavy atom. The van der Waals surface area contributed by atoms with Crippen LogP contribution in [0.5, 0.6) is 0 Å². The predicted octanol–water partition coefficient (Wildman–Crippen LogP) is 6.06. The average Bonchev–Trinajstić information content (AvgIpc) is 3.13. The lowest BCUT2D eigenvalue weighted by molar-refractivity contribution is -0.177. The minimum Gasteiger partial charge on any atom is -0.431 e. The fourth-order valence-corrected chi connectivity index (χ4v) is 7.76. The number of carbonyl (C=O) groups excluding carboxylic acids is 2. The second-order valence-corrected chi connectivity index (χ2v) is 12.1. The van der Waals surface area contributed by atoms with Crippen molar-refractivity contribution in [3.8, 4) is 0 Å². The van der Waals surface area contributed by atoms with Crippen molar-refractivity contribution in [2.45, 2.75) is 98.5 Å². The molecular weight excluding hydrogens is 416 g/mol. The Bertz CT molecular complexity index is 800. The first kappa shape index (κ1) is 24.9. The van der Waals surface area contributed by atoms with Gasteiger partial charge in [-0.1, -0.05) is 34.6 Å². The molecule has 0 aromatic heterocycles. The fraction of sp³-hybridized carbons (Fsp3) is 0.857. The van der Waals surface area contributed by atoms with Crippen LogP contribution in [-0.2, 0) is 23.8 Å². The maximum absolute atomic E-state index is 13.3. The van der Waals surface area contributed by atoms with Gasteiger partial charge in [-0.3, -0.25) is 9.59 Å². The van der Waals surface area contributed by atoms with Crippen LogP contribution in [0.2, 0.25) is 0 Å². The van der Waals surface area contributed by atoms with Crippen molar-refractivity contribution in [1.29, 1.82) is 0 Å². The lowest BCUT2D eigenvalue weighted by Crippen LogP contribution is -2.53. The molecule has 4 rings (SSSR count). The van der Waals surface area contributed by atoms with Gasteiger partial charge in [0.25, 0.3) is 0 Å². The molecular formula is C28H44O5. The number of carbonyl (C=O) groups is 2. The molecule has 4 aliphatic rings. The van der Waals surface area contributed by atoms with E-state index in [4.69, 9.17) is 14.2 Å². The van der Waals surface area contributed by atoms with Crippen LogP contribution in [0.1, 0.15) is 92.4 Å². The van der Waals surface area contributed by atoms with E-state index in [1.807, 2.05) is 13.8 Å². The molecule has 5 heteroatoms. The summed E-state index contributed by atoms with van der Waals surface area (Å²) in [7, 11) is 1.64. The molecule has 2 saturated carbocycles. The van der Waals surface area contributed by atoms with E-state index in [9.17, 15) is 9.59 Å². The number of Topliss-reactive ketones (excluding diaryl/α,β-unsaturated/α-hetero) is 1. The van der Waals surface area contributed by atoms with Gasteiger partial charge in [0.15, 0.2) is 0 Å². The topological polar surface area (TPSA) is 61.8 Å². The summed E-state index contributed by atoms with van der Waals surface area (Å²) < 4.78 is 17.1. The summed E-state index contributed by atoms with van der Waals surface area (Å²) in [4.78, 5) is 25.5. The summed E-state index contributed by atoms with van der Waals surface area (Å²) in [5.41, 5.74) is 1.46. The van der Waals surface area contributed by atoms with Crippen LogP contribution in [-0.4, -0.2) is 31.8 Å². The summed E-state index contributed by atoms with van der Waals surface area (Å²) in [6, 6.07) is 0. The van der Waals surface area contributed by atoms with Crippen LogP contribution in [0.4, 0.5) is 0 Å². The molecule has 0 N–H and O–H groups in total. The zero-order valence-electron chi connectivity index (χ0n) is 21.6. The fourth-order valence-electron chi connectivity index (χ4n) is 7.76. The Hall–Kier alpha value is -1.20. The summed E-state index contributed by atoms with van der Waals surface area (Å²) in [5, 5.41) is 0. The minimum absolute atomic E-state index is 0.0423. The minimum atomic E-state index is -0.0926. The highest BCUT2D eigenvalue weighted by Crippen LogP contribution is 2.64. The van der Waals surface area contributed by atoms with Gasteiger partial charge < -0.3 is 14.2 Å². The highest BCUT2D eigenvalue weighted by molar-refractivity contribution is 5.80. The molecule has 0 amide bonds. The highest BCUT2D eigenvalue weighted by Gasteiger charge is 2.59. The number of esters is 1. The number of ketones is 1. The zero-order valence-corrected chi connectivity index (χ0v) is 21.6. The van der Waals surface area contributed by atoms with E-state index in [2.05, 4.69) is 20.8 Å². The van der Waals surface area contributed by atoms with Crippen LogP contribution in [0.3, 0.4) is 0 Å². The third kappa shape index (κ3) is 4.33. The molecule has 3 aliphatic carbocycles. The molecule has 1 aliphatic heterocycles. The summed E-state index contributed by atoms with van der Waals surface area (Å²) in [6.07, 6.45) is 8.85. The predicted molar refractivity (Wildman–Crippen MR) is 127 cm³/mol. The van der Waals surface area contributed by atoms with Crippen LogP contribution in [0.25, 0.3) is 0 Å². The van der Waals surface area contributed by atoms with Gasteiger partial charge in [-0.05, 0) is 79.6 Å². The van der Waals surface area contributed by atoms with Crippen molar-refractivity contribution in [3.63, 3.8) is 0 Å². The average molecular weight is 461 g/mol. The van der Waals surface area contributed by atoms with Crippen LogP contribution >= 0.6 is 0 Å². The van der Waals surface area contributed by atoms with E-state index in [-0.39, 0.29) is 41.5 Å². The van der Waals surface area contributed by atoms with Crippen LogP contribution < -0.4 is 0 Å². The molecule has 4 unspecified atom stereocenters. The van der Waals surface area contributed by atoms with E-state index >= 15 is 0 Å². The molecule has 3 fully saturated rings. The van der Waals surface area contributed by atoms with E-state index in [1.54, 1.807) is 7.11 Å². The van der Waals surface area contributed by atoms with Crippen molar-refractivity contribution in [1.82, 2.24) is 0 Å². The van der Waals surface area contributed by atoms with Crippen LogP contribution in [0.15, 0.2) is 11.3 Å².